The van der Waals surface area contributed by atoms with Gasteiger partial charge in [0, 0.05) is 25.6 Å². The Morgan fingerprint density at radius 1 is 1.62 bits per heavy atom. The van der Waals surface area contributed by atoms with Gasteiger partial charge in [-0.25, -0.2) is 0 Å². The van der Waals surface area contributed by atoms with Crippen molar-refractivity contribution in [2.24, 2.45) is 5.92 Å². The maximum absolute atomic E-state index is 9.08. The summed E-state index contributed by atoms with van der Waals surface area (Å²) in [5, 5.41) is 9.08. The van der Waals surface area contributed by atoms with Gasteiger partial charge in [0.1, 0.15) is 5.82 Å². The molecule has 0 spiro atoms. The Morgan fingerprint density at radius 3 is 3.06 bits per heavy atom. The molecular weight excluding hydrogens is 206 g/mol. The first-order valence-corrected chi connectivity index (χ1v) is 5.41. The minimum absolute atomic E-state index is 0.239. The van der Waals surface area contributed by atoms with Crippen LogP contribution in [0.15, 0.2) is 12.1 Å². The van der Waals surface area contributed by atoms with Crippen LogP contribution in [0.2, 0.25) is 0 Å². The molecule has 0 amide bonds. The molecule has 0 bridgehead atoms. The van der Waals surface area contributed by atoms with Crippen LogP contribution in [0, 0.1) is 5.92 Å². The highest BCUT2D eigenvalue weighted by molar-refractivity contribution is 5.54. The van der Waals surface area contributed by atoms with Crippen molar-refractivity contribution in [3.63, 3.8) is 0 Å². The predicted molar refractivity (Wildman–Crippen MR) is 62.6 cm³/mol. The van der Waals surface area contributed by atoms with Gasteiger partial charge in [-0.05, 0) is 18.6 Å². The summed E-state index contributed by atoms with van der Waals surface area (Å²) in [6.07, 6.45) is 1.00. The number of hydrogen-bond acceptors (Lipinski definition) is 5. The Bertz CT molecular complexity index is 370. The van der Waals surface area contributed by atoms with E-state index in [1.54, 1.807) is 13.2 Å². The van der Waals surface area contributed by atoms with E-state index in [0.717, 1.165) is 25.3 Å². The second-order valence-corrected chi connectivity index (χ2v) is 4.05. The Labute approximate surface area is 94.8 Å². The number of methoxy groups -OCH3 is 1. The second kappa shape index (κ2) is 4.57. The summed E-state index contributed by atoms with van der Waals surface area (Å²) in [6, 6.07) is 3.69. The smallest absolute Gasteiger partial charge is 0.238 e. The van der Waals surface area contributed by atoms with E-state index in [-0.39, 0.29) is 6.61 Å². The molecule has 1 aromatic rings. The van der Waals surface area contributed by atoms with Crippen molar-refractivity contribution in [3.8, 4) is 5.88 Å². The van der Waals surface area contributed by atoms with Crippen molar-refractivity contribution in [3.05, 3.63) is 12.1 Å². The molecule has 2 rings (SSSR count). The quantitative estimate of drug-likeness (QED) is 0.780. The first kappa shape index (κ1) is 11.0. The summed E-state index contributed by atoms with van der Waals surface area (Å²) in [7, 11) is 1.56. The largest absolute Gasteiger partial charge is 0.479 e. The SMILES string of the molecule is COc1nc(N2CCC(CO)C2)ccc1N. The molecule has 0 radical (unpaired) electrons. The second-order valence-electron chi connectivity index (χ2n) is 4.05. The number of nitrogen functional groups attached to an aromatic ring is 1. The van der Waals surface area contributed by atoms with Crippen molar-refractivity contribution in [2.75, 3.05) is 37.4 Å². The van der Waals surface area contributed by atoms with Crippen LogP contribution in [0.5, 0.6) is 5.88 Å². The molecule has 1 aromatic heterocycles. The highest BCUT2D eigenvalue weighted by atomic mass is 16.5. The summed E-state index contributed by atoms with van der Waals surface area (Å²) >= 11 is 0. The molecule has 3 N–H and O–H groups in total. The van der Waals surface area contributed by atoms with E-state index in [2.05, 4.69) is 9.88 Å². The van der Waals surface area contributed by atoms with Crippen molar-refractivity contribution >= 4 is 11.5 Å². The lowest BCUT2D eigenvalue weighted by Gasteiger charge is -2.18. The van der Waals surface area contributed by atoms with Crippen molar-refractivity contribution < 1.29 is 9.84 Å². The highest BCUT2D eigenvalue weighted by Crippen LogP contribution is 2.26. The molecule has 2 heterocycles. The molecule has 1 saturated heterocycles. The van der Waals surface area contributed by atoms with Crippen LogP contribution in [0.25, 0.3) is 0 Å². The number of hydrogen-bond donors (Lipinski definition) is 2. The van der Waals surface area contributed by atoms with Gasteiger partial charge >= 0.3 is 0 Å². The third kappa shape index (κ3) is 2.04. The fraction of sp³-hybridized carbons (Fsp3) is 0.545. The third-order valence-electron chi connectivity index (χ3n) is 2.94. The lowest BCUT2D eigenvalue weighted by molar-refractivity contribution is 0.238. The fourth-order valence-corrected chi connectivity index (χ4v) is 1.97. The van der Waals surface area contributed by atoms with E-state index in [4.69, 9.17) is 15.6 Å². The molecule has 16 heavy (non-hydrogen) atoms. The van der Waals surface area contributed by atoms with E-state index in [9.17, 15) is 0 Å². The molecule has 1 atom stereocenters. The van der Waals surface area contributed by atoms with Gasteiger partial charge in [-0.3, -0.25) is 0 Å². The van der Waals surface area contributed by atoms with Gasteiger partial charge in [0.25, 0.3) is 0 Å². The fourth-order valence-electron chi connectivity index (χ4n) is 1.97. The summed E-state index contributed by atoms with van der Waals surface area (Å²) in [5.41, 5.74) is 6.25. The Hall–Kier alpha value is -1.49. The maximum Gasteiger partial charge on any atom is 0.238 e. The van der Waals surface area contributed by atoms with Crippen LogP contribution >= 0.6 is 0 Å². The van der Waals surface area contributed by atoms with E-state index in [0.29, 0.717) is 17.5 Å². The Kier molecular flexibility index (Phi) is 3.14. The standard InChI is InChI=1S/C11H17N3O2/c1-16-11-9(12)2-3-10(13-11)14-5-4-8(6-14)7-15/h2-3,8,15H,4-7,12H2,1H3. The number of nitrogens with zero attached hydrogens (tertiary/aromatic N) is 2. The number of aliphatic hydroxyl groups excluding tert-OH is 1. The van der Waals surface area contributed by atoms with Gasteiger partial charge in [0.2, 0.25) is 5.88 Å². The molecular formula is C11H17N3O2. The number of rotatable bonds is 3. The average molecular weight is 223 g/mol. The first-order valence-electron chi connectivity index (χ1n) is 5.41. The maximum atomic E-state index is 9.08. The zero-order valence-electron chi connectivity index (χ0n) is 9.39. The monoisotopic (exact) mass is 223 g/mol. The Balaban J connectivity index is 2.15. The van der Waals surface area contributed by atoms with E-state index in [1.807, 2.05) is 6.07 Å². The summed E-state index contributed by atoms with van der Waals surface area (Å²) in [5.74, 6) is 1.68. The Morgan fingerprint density at radius 2 is 2.44 bits per heavy atom. The number of pyridine rings is 1. The van der Waals surface area contributed by atoms with E-state index >= 15 is 0 Å². The minimum atomic E-state index is 0.239. The van der Waals surface area contributed by atoms with E-state index < -0.39 is 0 Å². The lowest BCUT2D eigenvalue weighted by Crippen LogP contribution is -2.21. The molecule has 1 fully saturated rings. The molecule has 0 aromatic carbocycles. The first-order chi connectivity index (χ1) is 7.74. The normalized spacial score (nSPS) is 20.1. The zero-order chi connectivity index (χ0) is 11.5. The number of aliphatic hydroxyl groups is 1. The van der Waals surface area contributed by atoms with Crippen molar-refractivity contribution in [1.29, 1.82) is 0 Å². The minimum Gasteiger partial charge on any atom is -0.479 e. The molecule has 1 unspecified atom stereocenters. The van der Waals surface area contributed by atoms with Crippen LogP contribution in [-0.4, -0.2) is 36.9 Å². The van der Waals surface area contributed by atoms with Gasteiger partial charge < -0.3 is 20.5 Å². The van der Waals surface area contributed by atoms with Gasteiger partial charge in [0.15, 0.2) is 0 Å². The van der Waals surface area contributed by atoms with E-state index in [1.165, 1.54) is 0 Å². The molecule has 5 nitrogen and oxygen atoms in total. The van der Waals surface area contributed by atoms with Gasteiger partial charge in [-0.1, -0.05) is 0 Å². The predicted octanol–water partition coefficient (Wildman–Crippen LogP) is 0.491. The van der Waals surface area contributed by atoms with Gasteiger partial charge in [-0.2, -0.15) is 4.98 Å². The molecule has 5 heteroatoms. The lowest BCUT2D eigenvalue weighted by atomic mass is 10.1. The topological polar surface area (TPSA) is 71.6 Å². The number of ether oxygens (including phenoxy) is 1. The van der Waals surface area contributed by atoms with Crippen LogP contribution in [-0.2, 0) is 0 Å². The summed E-state index contributed by atoms with van der Waals surface area (Å²) < 4.78 is 5.09. The molecule has 0 aliphatic carbocycles. The molecule has 1 aliphatic heterocycles. The van der Waals surface area contributed by atoms with Crippen LogP contribution in [0.1, 0.15) is 6.42 Å². The van der Waals surface area contributed by atoms with Crippen LogP contribution < -0.4 is 15.4 Å². The van der Waals surface area contributed by atoms with Crippen LogP contribution in [0.3, 0.4) is 0 Å². The highest BCUT2D eigenvalue weighted by Gasteiger charge is 2.23. The van der Waals surface area contributed by atoms with Crippen molar-refractivity contribution in [2.45, 2.75) is 6.42 Å². The van der Waals surface area contributed by atoms with Gasteiger partial charge in [-0.15, -0.1) is 0 Å². The number of anilines is 2. The zero-order valence-corrected chi connectivity index (χ0v) is 9.39. The summed E-state index contributed by atoms with van der Waals surface area (Å²) in [6.45, 7) is 2.00. The number of aromatic nitrogens is 1. The molecule has 0 saturated carbocycles. The van der Waals surface area contributed by atoms with Crippen LogP contribution in [0.4, 0.5) is 11.5 Å². The molecule has 88 valence electrons. The number of nitrogens with two attached hydrogens (primary N) is 1. The molecule has 1 aliphatic rings. The average Bonchev–Trinajstić information content (AvgIpc) is 2.78. The summed E-state index contributed by atoms with van der Waals surface area (Å²) in [4.78, 5) is 6.48. The third-order valence-corrected chi connectivity index (χ3v) is 2.94. The van der Waals surface area contributed by atoms with Crippen molar-refractivity contribution in [1.82, 2.24) is 4.98 Å². The van der Waals surface area contributed by atoms with Gasteiger partial charge in [0.05, 0.1) is 12.8 Å².